The number of anilines is 2. The van der Waals surface area contributed by atoms with Crippen molar-refractivity contribution in [3.8, 4) is 0 Å². The van der Waals surface area contributed by atoms with E-state index in [0.29, 0.717) is 5.92 Å². The highest BCUT2D eigenvalue weighted by molar-refractivity contribution is 7.09. The molecule has 0 aliphatic carbocycles. The van der Waals surface area contributed by atoms with Gasteiger partial charge in [-0.15, -0.1) is 11.3 Å². The molecular formula is C17H24N4OS. The molecule has 23 heavy (non-hydrogen) atoms. The number of thiophene rings is 1. The smallest absolute Gasteiger partial charge is 0.134 e. The molecule has 0 amide bonds. The first kappa shape index (κ1) is 16.2. The number of aliphatic hydroxyl groups excluding tert-OH is 1. The van der Waals surface area contributed by atoms with E-state index in [2.05, 4.69) is 50.4 Å². The Bertz CT molecular complexity index is 604. The molecule has 3 rings (SSSR count). The van der Waals surface area contributed by atoms with Gasteiger partial charge in [-0.2, -0.15) is 0 Å². The molecule has 0 unspecified atom stereocenters. The lowest BCUT2D eigenvalue weighted by atomic mass is 9.99. The summed E-state index contributed by atoms with van der Waals surface area (Å²) in [6.07, 6.45) is 4.89. The molecule has 1 N–H and O–H groups in total. The minimum atomic E-state index is 0.259. The molecule has 1 aliphatic rings. The van der Waals surface area contributed by atoms with E-state index in [1.54, 1.807) is 17.7 Å². The average Bonchev–Trinajstić information content (AvgIpc) is 3.13. The summed E-state index contributed by atoms with van der Waals surface area (Å²) in [4.78, 5) is 14.7. The minimum absolute atomic E-state index is 0.259. The molecule has 5 nitrogen and oxygen atoms in total. The SMILES string of the molecule is CN(CCc1cccs1)c1cc(N2CCC[C@@H](CO)C2)ncn1. The van der Waals surface area contributed by atoms with Crippen molar-refractivity contribution in [2.45, 2.75) is 19.3 Å². The van der Waals surface area contributed by atoms with Crippen LogP contribution in [0.4, 0.5) is 11.6 Å². The standard InChI is InChI=1S/C17H24N4OS/c1-20(8-6-15-5-3-9-23-15)16-10-17(19-13-18-16)21-7-2-4-14(11-21)12-22/h3,5,9-10,13-14,22H,2,4,6-8,11-12H2,1H3/t14-/m1/s1. The van der Waals surface area contributed by atoms with Gasteiger partial charge in [0.25, 0.3) is 0 Å². The Morgan fingerprint density at radius 3 is 3.13 bits per heavy atom. The van der Waals surface area contributed by atoms with Gasteiger partial charge in [-0.3, -0.25) is 0 Å². The number of hydrogen-bond acceptors (Lipinski definition) is 6. The van der Waals surface area contributed by atoms with Gasteiger partial charge in [0.05, 0.1) is 0 Å². The van der Waals surface area contributed by atoms with E-state index in [-0.39, 0.29) is 6.61 Å². The van der Waals surface area contributed by atoms with Gasteiger partial charge in [-0.1, -0.05) is 6.07 Å². The summed E-state index contributed by atoms with van der Waals surface area (Å²) in [6.45, 7) is 3.09. The van der Waals surface area contributed by atoms with Crippen molar-refractivity contribution in [3.05, 3.63) is 34.8 Å². The van der Waals surface area contributed by atoms with E-state index in [1.165, 1.54) is 4.88 Å². The van der Waals surface area contributed by atoms with Crippen LogP contribution >= 0.6 is 11.3 Å². The van der Waals surface area contributed by atoms with Gasteiger partial charge in [0, 0.05) is 44.2 Å². The lowest BCUT2D eigenvalue weighted by molar-refractivity contribution is 0.208. The van der Waals surface area contributed by atoms with Crippen LogP contribution in [-0.2, 0) is 6.42 Å². The zero-order chi connectivity index (χ0) is 16.1. The molecule has 1 atom stereocenters. The van der Waals surface area contributed by atoms with E-state index in [4.69, 9.17) is 0 Å². The molecule has 0 aromatic carbocycles. The molecule has 0 spiro atoms. The predicted molar refractivity (Wildman–Crippen MR) is 95.3 cm³/mol. The van der Waals surface area contributed by atoms with Crippen LogP contribution in [0.25, 0.3) is 0 Å². The molecule has 3 heterocycles. The summed E-state index contributed by atoms with van der Waals surface area (Å²) in [5.41, 5.74) is 0. The third-order valence-electron chi connectivity index (χ3n) is 4.40. The quantitative estimate of drug-likeness (QED) is 0.880. The summed E-state index contributed by atoms with van der Waals surface area (Å²) in [6, 6.07) is 6.33. The number of likely N-dealkylation sites (N-methyl/N-ethyl adjacent to an activating group) is 1. The van der Waals surface area contributed by atoms with Crippen molar-refractivity contribution >= 4 is 23.0 Å². The van der Waals surface area contributed by atoms with Gasteiger partial charge in [0.2, 0.25) is 0 Å². The second kappa shape index (κ2) is 7.75. The van der Waals surface area contributed by atoms with Gasteiger partial charge < -0.3 is 14.9 Å². The zero-order valence-electron chi connectivity index (χ0n) is 13.6. The monoisotopic (exact) mass is 332 g/mol. The Kier molecular flexibility index (Phi) is 5.46. The van der Waals surface area contributed by atoms with Crippen LogP contribution in [0.3, 0.4) is 0 Å². The predicted octanol–water partition coefficient (Wildman–Crippen LogP) is 2.43. The topological polar surface area (TPSA) is 52.5 Å². The molecule has 1 fully saturated rings. The Morgan fingerprint density at radius 2 is 2.35 bits per heavy atom. The highest BCUT2D eigenvalue weighted by atomic mass is 32.1. The summed E-state index contributed by atoms with van der Waals surface area (Å²) >= 11 is 1.80. The maximum Gasteiger partial charge on any atom is 0.134 e. The summed E-state index contributed by atoms with van der Waals surface area (Å²) in [5.74, 6) is 2.28. The van der Waals surface area contributed by atoms with Crippen molar-refractivity contribution in [1.82, 2.24) is 9.97 Å². The van der Waals surface area contributed by atoms with E-state index in [1.807, 2.05) is 0 Å². The maximum atomic E-state index is 9.39. The maximum absolute atomic E-state index is 9.39. The molecule has 2 aromatic heterocycles. The van der Waals surface area contributed by atoms with Gasteiger partial charge in [-0.05, 0) is 36.6 Å². The van der Waals surface area contributed by atoms with Crippen LogP contribution in [0, 0.1) is 5.92 Å². The fourth-order valence-electron chi connectivity index (χ4n) is 2.99. The first-order valence-electron chi connectivity index (χ1n) is 8.17. The summed E-state index contributed by atoms with van der Waals surface area (Å²) < 4.78 is 0. The molecular weight excluding hydrogens is 308 g/mol. The molecule has 6 heteroatoms. The lowest BCUT2D eigenvalue weighted by Gasteiger charge is -2.33. The highest BCUT2D eigenvalue weighted by Crippen LogP contribution is 2.23. The van der Waals surface area contributed by atoms with E-state index >= 15 is 0 Å². The van der Waals surface area contributed by atoms with E-state index in [9.17, 15) is 5.11 Å². The molecule has 2 aromatic rings. The zero-order valence-corrected chi connectivity index (χ0v) is 14.4. The third-order valence-corrected chi connectivity index (χ3v) is 5.34. The Labute approximate surface area is 141 Å². The van der Waals surface area contributed by atoms with Crippen LogP contribution in [0.15, 0.2) is 29.9 Å². The van der Waals surface area contributed by atoms with Crippen LogP contribution in [0.1, 0.15) is 17.7 Å². The first-order valence-corrected chi connectivity index (χ1v) is 9.05. The third kappa shape index (κ3) is 4.20. The van der Waals surface area contributed by atoms with Gasteiger partial charge in [0.15, 0.2) is 0 Å². The Hall–Kier alpha value is -1.66. The molecule has 0 saturated carbocycles. The minimum Gasteiger partial charge on any atom is -0.396 e. The lowest BCUT2D eigenvalue weighted by Crippen LogP contribution is -2.37. The van der Waals surface area contributed by atoms with Gasteiger partial charge in [-0.25, -0.2) is 9.97 Å². The van der Waals surface area contributed by atoms with Crippen molar-refractivity contribution in [1.29, 1.82) is 0 Å². The Balaban J connectivity index is 1.64. The number of nitrogens with zero attached hydrogens (tertiary/aromatic N) is 4. The number of hydrogen-bond donors (Lipinski definition) is 1. The fourth-order valence-corrected chi connectivity index (χ4v) is 3.69. The highest BCUT2D eigenvalue weighted by Gasteiger charge is 2.20. The van der Waals surface area contributed by atoms with Gasteiger partial charge in [0.1, 0.15) is 18.0 Å². The van der Waals surface area contributed by atoms with Crippen molar-refractivity contribution in [2.24, 2.45) is 5.92 Å². The van der Waals surface area contributed by atoms with Crippen molar-refractivity contribution in [3.63, 3.8) is 0 Å². The first-order chi connectivity index (χ1) is 11.3. The second-order valence-electron chi connectivity index (χ2n) is 6.12. The molecule has 0 radical (unpaired) electrons. The molecule has 1 aliphatic heterocycles. The van der Waals surface area contributed by atoms with Crippen molar-refractivity contribution < 1.29 is 5.11 Å². The van der Waals surface area contributed by atoms with Crippen molar-refractivity contribution in [2.75, 3.05) is 43.1 Å². The van der Waals surface area contributed by atoms with E-state index in [0.717, 1.165) is 50.5 Å². The molecule has 1 saturated heterocycles. The average molecular weight is 332 g/mol. The fraction of sp³-hybridized carbons (Fsp3) is 0.529. The molecule has 0 bridgehead atoms. The number of aliphatic hydroxyl groups is 1. The molecule has 124 valence electrons. The van der Waals surface area contributed by atoms with Gasteiger partial charge >= 0.3 is 0 Å². The number of piperidine rings is 1. The van der Waals surface area contributed by atoms with Crippen LogP contribution in [0.2, 0.25) is 0 Å². The van der Waals surface area contributed by atoms with E-state index < -0.39 is 0 Å². The normalized spacial score (nSPS) is 18.2. The second-order valence-corrected chi connectivity index (χ2v) is 7.15. The Morgan fingerprint density at radius 1 is 1.43 bits per heavy atom. The summed E-state index contributed by atoms with van der Waals surface area (Å²) in [7, 11) is 2.08. The number of aromatic nitrogens is 2. The summed E-state index contributed by atoms with van der Waals surface area (Å²) in [5, 5.41) is 11.5. The van der Waals surface area contributed by atoms with Crippen LogP contribution in [0.5, 0.6) is 0 Å². The largest absolute Gasteiger partial charge is 0.396 e. The van der Waals surface area contributed by atoms with Crippen LogP contribution in [-0.4, -0.2) is 48.4 Å². The number of rotatable bonds is 6. The van der Waals surface area contributed by atoms with Crippen LogP contribution < -0.4 is 9.80 Å².